The lowest BCUT2D eigenvalue weighted by Crippen LogP contribution is -1.90. The maximum Gasteiger partial charge on any atom is 0.0630 e. The first-order chi connectivity index (χ1) is 27.2. The van der Waals surface area contributed by atoms with E-state index in [0.29, 0.717) is 21.9 Å². The zero-order valence-electron chi connectivity index (χ0n) is 33.7. The van der Waals surface area contributed by atoms with Crippen LogP contribution in [0.2, 0.25) is 0 Å². The molecule has 0 N–H and O–H groups in total. The molecule has 0 spiro atoms. The Bertz CT molecular complexity index is 3270. The Balaban J connectivity index is 1.27. The van der Waals surface area contributed by atoms with Crippen molar-refractivity contribution < 1.29 is 11.0 Å². The second kappa shape index (κ2) is 10.7. The highest BCUT2D eigenvalue weighted by Gasteiger charge is 2.16. The van der Waals surface area contributed by atoms with Gasteiger partial charge in [0, 0.05) is 0 Å². The van der Waals surface area contributed by atoms with Crippen LogP contribution in [-0.4, -0.2) is 0 Å². The normalized spacial score (nSPS) is 14.1. The third-order valence-electron chi connectivity index (χ3n) is 9.53. The summed E-state index contributed by atoms with van der Waals surface area (Å²) in [6.07, 6.45) is 0. The van der Waals surface area contributed by atoms with Crippen molar-refractivity contribution in [2.45, 2.75) is 0 Å². The van der Waals surface area contributed by atoms with Gasteiger partial charge in [0.25, 0.3) is 0 Å². The average molecular weight is 615 g/mol. The first-order valence-electron chi connectivity index (χ1n) is 20.0. The van der Waals surface area contributed by atoms with Crippen LogP contribution >= 0.6 is 0 Å². The molecule has 0 radical (unpaired) electrons. The van der Waals surface area contributed by atoms with Crippen molar-refractivity contribution in [3.05, 3.63) is 182 Å². The monoisotopic (exact) mass is 614 g/mol. The highest BCUT2D eigenvalue weighted by molar-refractivity contribution is 6.27. The van der Waals surface area contributed by atoms with Gasteiger partial charge in [0.2, 0.25) is 0 Å². The molecule has 0 amide bonds. The fourth-order valence-corrected chi connectivity index (χ4v) is 7.23. The van der Waals surface area contributed by atoms with Crippen LogP contribution in [0.3, 0.4) is 0 Å². The Morgan fingerprint density at radius 3 is 1.27 bits per heavy atom. The number of rotatable bonds is 4. The summed E-state index contributed by atoms with van der Waals surface area (Å²) >= 11 is 0. The van der Waals surface area contributed by atoms with E-state index in [1.54, 1.807) is 0 Å². The van der Waals surface area contributed by atoms with E-state index in [4.69, 9.17) is 2.74 Å². The maximum atomic E-state index is 9.60. The van der Waals surface area contributed by atoms with Gasteiger partial charge in [-0.3, -0.25) is 0 Å². The second-order valence-electron chi connectivity index (χ2n) is 12.2. The summed E-state index contributed by atoms with van der Waals surface area (Å²) in [5.74, 6) is 0. The van der Waals surface area contributed by atoms with Gasteiger partial charge in [0.05, 0.1) is 11.0 Å². The molecule has 10 aromatic carbocycles. The van der Waals surface area contributed by atoms with Gasteiger partial charge in [-0.15, -0.1) is 0 Å². The molecule has 10 aromatic rings. The van der Waals surface area contributed by atoms with Gasteiger partial charge in [0.15, 0.2) is 0 Å². The molecule has 0 saturated heterocycles. The van der Waals surface area contributed by atoms with E-state index in [-0.39, 0.29) is 81.0 Å². The fraction of sp³-hybridized carbons (Fsp3) is 0. The van der Waals surface area contributed by atoms with E-state index in [9.17, 15) is 8.22 Å². The van der Waals surface area contributed by atoms with Crippen LogP contribution in [0.4, 0.5) is 0 Å². The lowest BCUT2D eigenvalue weighted by Gasteiger charge is -2.17. The largest absolute Gasteiger partial charge is 0.0630 e. The third kappa shape index (κ3) is 4.16. The van der Waals surface area contributed by atoms with Gasteiger partial charge in [-0.2, -0.15) is 0 Å². The van der Waals surface area contributed by atoms with Crippen molar-refractivity contribution in [2.24, 2.45) is 0 Å². The van der Waals surface area contributed by atoms with Crippen LogP contribution < -0.4 is 0 Å². The minimum absolute atomic E-state index is 0.0318. The summed E-state index contributed by atoms with van der Waals surface area (Å²) in [5.41, 5.74) is 5.58. The van der Waals surface area contributed by atoms with E-state index in [1.807, 2.05) is 91.0 Å². The molecule has 0 bridgehead atoms. The Hall–Kier alpha value is -6.24. The van der Waals surface area contributed by atoms with Crippen molar-refractivity contribution >= 4 is 53.9 Å². The molecule has 0 aliphatic carbocycles. The Kier molecular flexibility index (Phi) is 4.46. The number of fused-ring (bicyclic) bond motifs is 2. The molecule has 0 aromatic heterocycles. The predicted octanol–water partition coefficient (Wildman–Crippen LogP) is 13.6. The van der Waals surface area contributed by atoms with Gasteiger partial charge in [-0.05, 0) is 104 Å². The van der Waals surface area contributed by atoms with Gasteiger partial charge < -0.3 is 0 Å². The van der Waals surface area contributed by atoms with Crippen LogP contribution in [0.1, 0.15) is 11.0 Å². The van der Waals surface area contributed by atoms with E-state index in [1.165, 1.54) is 0 Å². The van der Waals surface area contributed by atoms with E-state index >= 15 is 0 Å². The standard InChI is InChI=1S/C48H30/c1-3-14-39-31(8-1)10-6-16-41(39)33-18-20-34(21-19-33)43-26-24-35-22-23-36-25-27-44(46-29-28-45(43)47(35)48(36)46)38-13-5-12-37(30-38)42-17-7-11-32-9-2-4-15-40(32)42/h1-30H/i22D,23D,24D,25D,26D,27D,28D,29D. The number of hydrogen-bond donors (Lipinski definition) is 0. The van der Waals surface area contributed by atoms with Crippen molar-refractivity contribution in [2.75, 3.05) is 0 Å². The van der Waals surface area contributed by atoms with Gasteiger partial charge in [-0.1, -0.05) is 176 Å². The van der Waals surface area contributed by atoms with E-state index in [2.05, 4.69) is 42.5 Å². The molecular weight excluding hydrogens is 577 g/mol. The first-order valence-corrected chi connectivity index (χ1v) is 16.0. The molecule has 0 saturated carbocycles. The number of benzene rings is 10. The van der Waals surface area contributed by atoms with Gasteiger partial charge in [-0.25, -0.2) is 0 Å². The van der Waals surface area contributed by atoms with Crippen LogP contribution in [0.5, 0.6) is 0 Å². The minimum atomic E-state index is -0.337. The highest BCUT2D eigenvalue weighted by Crippen LogP contribution is 2.43. The van der Waals surface area contributed by atoms with Crippen LogP contribution in [0, 0.1) is 0 Å². The van der Waals surface area contributed by atoms with E-state index < -0.39 is 0 Å². The van der Waals surface area contributed by atoms with Crippen LogP contribution in [-0.2, 0) is 0 Å². The molecular formula is C48H30. The summed E-state index contributed by atoms with van der Waals surface area (Å²) in [6, 6.07) is 41.7. The van der Waals surface area contributed by atoms with E-state index in [0.717, 1.165) is 43.8 Å². The molecule has 222 valence electrons. The average Bonchev–Trinajstić information content (AvgIpc) is 3.23. The van der Waals surface area contributed by atoms with Crippen LogP contribution in [0.25, 0.3) is 98.4 Å². The smallest absolute Gasteiger partial charge is 0.0616 e. The van der Waals surface area contributed by atoms with Crippen molar-refractivity contribution in [3.8, 4) is 44.5 Å². The molecule has 0 aliphatic heterocycles. The van der Waals surface area contributed by atoms with Crippen molar-refractivity contribution in [1.29, 1.82) is 0 Å². The van der Waals surface area contributed by atoms with Gasteiger partial charge in [0.1, 0.15) is 0 Å². The first kappa shape index (κ1) is 20.1. The summed E-state index contributed by atoms with van der Waals surface area (Å²) in [7, 11) is 0. The lowest BCUT2D eigenvalue weighted by molar-refractivity contribution is 1.62. The zero-order valence-corrected chi connectivity index (χ0v) is 25.7. The number of hydrogen-bond acceptors (Lipinski definition) is 0. The Morgan fingerprint density at radius 2 is 0.688 bits per heavy atom. The summed E-state index contributed by atoms with van der Waals surface area (Å²) < 4.78 is 74.6. The summed E-state index contributed by atoms with van der Waals surface area (Å²) in [5, 5.41) is 5.44. The Morgan fingerprint density at radius 1 is 0.271 bits per heavy atom. The summed E-state index contributed by atoms with van der Waals surface area (Å²) in [6.45, 7) is 0. The minimum Gasteiger partial charge on any atom is -0.0616 e. The van der Waals surface area contributed by atoms with Crippen molar-refractivity contribution in [3.63, 3.8) is 0 Å². The highest BCUT2D eigenvalue weighted by atomic mass is 14.2. The topological polar surface area (TPSA) is 0 Å². The Labute approximate surface area is 290 Å². The molecule has 10 rings (SSSR count). The molecule has 0 fully saturated rings. The molecule has 0 unspecified atom stereocenters. The lowest BCUT2D eigenvalue weighted by atomic mass is 9.86. The third-order valence-corrected chi connectivity index (χ3v) is 9.53. The molecule has 0 atom stereocenters. The quantitative estimate of drug-likeness (QED) is 0.173. The summed E-state index contributed by atoms with van der Waals surface area (Å²) in [4.78, 5) is 0. The molecule has 0 heteroatoms. The maximum absolute atomic E-state index is 9.60. The molecule has 0 heterocycles. The molecule has 0 nitrogen and oxygen atoms in total. The zero-order chi connectivity index (χ0) is 38.6. The van der Waals surface area contributed by atoms with Crippen LogP contribution in [0.15, 0.2) is 182 Å². The predicted molar refractivity (Wildman–Crippen MR) is 207 cm³/mol. The van der Waals surface area contributed by atoms with Crippen molar-refractivity contribution in [1.82, 2.24) is 0 Å². The second-order valence-corrected chi connectivity index (χ2v) is 12.2. The fourth-order valence-electron chi connectivity index (χ4n) is 7.23. The van der Waals surface area contributed by atoms with Gasteiger partial charge >= 0.3 is 0 Å². The molecule has 48 heavy (non-hydrogen) atoms. The SMILES string of the molecule is [2H]c1c([2H])c2c([2H])c([2H])c3c([2H])c([2H])c(-c4cccc(-c5cccc6ccccc56)c4)c4c([2H])c([2H])c(c1-c1ccc(-c5cccc6ccccc56)cc1)c2c34. The molecule has 0 aliphatic rings.